The quantitative estimate of drug-likeness (QED) is 0.608. The fourth-order valence-corrected chi connectivity index (χ4v) is 2.29. The van der Waals surface area contributed by atoms with Crippen molar-refractivity contribution in [2.45, 2.75) is 5.02 Å². The first-order chi connectivity index (χ1) is 9.24. The molecule has 0 bridgehead atoms. The second-order valence-electron chi connectivity index (χ2n) is 3.94. The van der Waals surface area contributed by atoms with Gasteiger partial charge in [0, 0.05) is 28.4 Å². The molecule has 0 aliphatic rings. The molecule has 0 aliphatic carbocycles. The number of carbonyl (C=O) groups excluding carboxylic acids is 1. The van der Waals surface area contributed by atoms with Gasteiger partial charge in [0.15, 0.2) is 0 Å². The normalized spacial score (nSPS) is 11.7. The topological polar surface area (TPSA) is 40.5 Å². The maximum atomic E-state index is 12.8. The standard InChI is InChI=1S/C12H9BrClF2NO3/c1-17-7-3-4-9(20-12(13,15)16)10(14)6(7)5-8(17)11(18)19-2/h3-5H,1-2H3. The number of hydrogen-bond donors (Lipinski definition) is 0. The Labute approximate surface area is 126 Å². The van der Waals surface area contributed by atoms with Gasteiger partial charge in [-0.15, -0.1) is 0 Å². The third-order valence-corrected chi connectivity index (χ3v) is 3.30. The monoisotopic (exact) mass is 367 g/mol. The van der Waals surface area contributed by atoms with E-state index in [-0.39, 0.29) is 16.5 Å². The number of methoxy groups -OCH3 is 1. The highest BCUT2D eigenvalue weighted by molar-refractivity contribution is 9.09. The highest BCUT2D eigenvalue weighted by atomic mass is 79.9. The number of rotatable bonds is 3. The molecule has 0 radical (unpaired) electrons. The van der Waals surface area contributed by atoms with Crippen molar-refractivity contribution in [1.82, 2.24) is 4.57 Å². The van der Waals surface area contributed by atoms with E-state index in [4.69, 9.17) is 11.6 Å². The zero-order valence-electron chi connectivity index (χ0n) is 10.4. The first-order valence-corrected chi connectivity index (χ1v) is 6.53. The predicted molar refractivity (Wildman–Crippen MR) is 73.8 cm³/mol. The van der Waals surface area contributed by atoms with Crippen molar-refractivity contribution < 1.29 is 23.0 Å². The summed E-state index contributed by atoms with van der Waals surface area (Å²) < 4.78 is 36.2. The Morgan fingerprint density at radius 1 is 1.45 bits per heavy atom. The number of hydrogen-bond acceptors (Lipinski definition) is 3. The van der Waals surface area contributed by atoms with Gasteiger partial charge in [-0.1, -0.05) is 11.6 Å². The predicted octanol–water partition coefficient (Wildman–Crippen LogP) is 3.94. The minimum atomic E-state index is -3.52. The van der Waals surface area contributed by atoms with E-state index in [9.17, 15) is 13.6 Å². The highest BCUT2D eigenvalue weighted by Gasteiger charge is 2.28. The molecular weight excluding hydrogens is 359 g/mol. The number of fused-ring (bicyclic) bond motifs is 1. The number of aromatic nitrogens is 1. The average molecular weight is 369 g/mol. The van der Waals surface area contributed by atoms with Crippen molar-refractivity contribution in [2.24, 2.45) is 7.05 Å². The van der Waals surface area contributed by atoms with E-state index in [0.29, 0.717) is 10.9 Å². The third-order valence-electron chi connectivity index (χ3n) is 2.75. The molecule has 1 heterocycles. The van der Waals surface area contributed by atoms with Crippen LogP contribution in [0.15, 0.2) is 18.2 Å². The van der Waals surface area contributed by atoms with Gasteiger partial charge >= 0.3 is 11.0 Å². The van der Waals surface area contributed by atoms with Crippen molar-refractivity contribution in [3.05, 3.63) is 28.9 Å². The summed E-state index contributed by atoms with van der Waals surface area (Å²) in [6, 6.07) is 4.30. The van der Waals surface area contributed by atoms with E-state index in [2.05, 4.69) is 25.4 Å². The van der Waals surface area contributed by atoms with Gasteiger partial charge < -0.3 is 14.0 Å². The second kappa shape index (κ2) is 5.21. The molecule has 0 aliphatic heterocycles. The van der Waals surface area contributed by atoms with Crippen molar-refractivity contribution in [2.75, 3.05) is 7.11 Å². The van der Waals surface area contributed by atoms with Crippen molar-refractivity contribution in [3.63, 3.8) is 0 Å². The SMILES string of the molecule is COC(=O)c1cc2c(Cl)c(OC(F)(F)Br)ccc2n1C. The third kappa shape index (κ3) is 2.73. The molecular formula is C12H9BrClF2NO3. The number of halogens is 4. The lowest BCUT2D eigenvalue weighted by atomic mass is 10.2. The van der Waals surface area contributed by atoms with Gasteiger partial charge in [-0.3, -0.25) is 0 Å². The van der Waals surface area contributed by atoms with Crippen LogP contribution in [0.5, 0.6) is 5.75 Å². The number of nitrogens with zero attached hydrogens (tertiary/aromatic N) is 1. The van der Waals surface area contributed by atoms with Gasteiger partial charge in [-0.05, 0) is 18.2 Å². The zero-order valence-corrected chi connectivity index (χ0v) is 12.8. The number of carbonyl (C=O) groups is 1. The maximum absolute atomic E-state index is 12.8. The van der Waals surface area contributed by atoms with Gasteiger partial charge in [-0.2, -0.15) is 8.78 Å². The molecule has 0 N–H and O–H groups in total. The Morgan fingerprint density at radius 2 is 2.10 bits per heavy atom. The average Bonchev–Trinajstić information content (AvgIpc) is 2.69. The van der Waals surface area contributed by atoms with E-state index in [1.807, 2.05) is 0 Å². The van der Waals surface area contributed by atoms with Crippen LogP contribution in [-0.2, 0) is 11.8 Å². The van der Waals surface area contributed by atoms with Crippen molar-refractivity contribution >= 4 is 44.4 Å². The summed E-state index contributed by atoms with van der Waals surface area (Å²) in [5.41, 5.74) is 0.854. The Hall–Kier alpha value is -1.34. The van der Waals surface area contributed by atoms with E-state index < -0.39 is 11.0 Å². The first-order valence-electron chi connectivity index (χ1n) is 5.36. The molecule has 0 fully saturated rings. The molecule has 0 amide bonds. The van der Waals surface area contributed by atoms with Crippen LogP contribution in [0, 0.1) is 0 Å². The Morgan fingerprint density at radius 3 is 2.65 bits per heavy atom. The first kappa shape index (κ1) is 15.1. The highest BCUT2D eigenvalue weighted by Crippen LogP contribution is 2.38. The molecule has 4 nitrogen and oxygen atoms in total. The van der Waals surface area contributed by atoms with Crippen LogP contribution >= 0.6 is 27.5 Å². The number of aryl methyl sites for hydroxylation is 1. The van der Waals surface area contributed by atoms with Crippen LogP contribution in [0.4, 0.5) is 8.78 Å². The van der Waals surface area contributed by atoms with Gasteiger partial charge in [0.05, 0.1) is 17.6 Å². The van der Waals surface area contributed by atoms with E-state index >= 15 is 0 Å². The Bertz CT molecular complexity index is 681. The fraction of sp³-hybridized carbons (Fsp3) is 0.250. The largest absolute Gasteiger partial charge is 0.464 e. The molecule has 0 unspecified atom stereocenters. The van der Waals surface area contributed by atoms with Crippen molar-refractivity contribution in [3.8, 4) is 5.75 Å². The van der Waals surface area contributed by atoms with Gasteiger partial charge in [0.1, 0.15) is 11.4 Å². The summed E-state index contributed by atoms with van der Waals surface area (Å²) in [7, 11) is 2.89. The molecule has 0 saturated carbocycles. The minimum Gasteiger partial charge on any atom is -0.464 e. The van der Waals surface area contributed by atoms with Gasteiger partial charge in [0.25, 0.3) is 0 Å². The maximum Gasteiger partial charge on any atom is 0.459 e. The summed E-state index contributed by atoms with van der Waals surface area (Å²) in [6.07, 6.45) is 0. The molecule has 8 heteroatoms. The van der Waals surface area contributed by atoms with Crippen molar-refractivity contribution in [1.29, 1.82) is 0 Å². The summed E-state index contributed by atoms with van der Waals surface area (Å²) in [5.74, 6) is -0.740. The number of benzene rings is 1. The Balaban J connectivity index is 2.59. The molecule has 0 atom stereocenters. The second-order valence-corrected chi connectivity index (χ2v) is 5.24. The molecule has 1 aromatic carbocycles. The number of ether oxygens (including phenoxy) is 2. The summed E-state index contributed by atoms with van der Waals surface area (Å²) in [5, 5.41) is -3.11. The van der Waals surface area contributed by atoms with Crippen LogP contribution in [0.25, 0.3) is 10.9 Å². The van der Waals surface area contributed by atoms with Crippen LogP contribution in [-0.4, -0.2) is 22.7 Å². The summed E-state index contributed by atoms with van der Waals surface area (Å²) in [4.78, 5) is 11.6. The molecule has 2 rings (SSSR count). The summed E-state index contributed by atoms with van der Waals surface area (Å²) in [6.45, 7) is 0. The minimum absolute atomic E-state index is 0.00706. The molecule has 0 spiro atoms. The molecule has 2 aromatic rings. The lowest BCUT2D eigenvalue weighted by Crippen LogP contribution is -2.15. The summed E-state index contributed by atoms with van der Waals surface area (Å²) >= 11 is 8.11. The molecule has 0 saturated heterocycles. The van der Waals surface area contributed by atoms with Crippen LogP contribution in [0.2, 0.25) is 5.02 Å². The smallest absolute Gasteiger partial charge is 0.459 e. The molecule has 1 aromatic heterocycles. The fourth-order valence-electron chi connectivity index (χ4n) is 1.86. The van der Waals surface area contributed by atoms with Crippen LogP contribution in [0.1, 0.15) is 10.5 Å². The van der Waals surface area contributed by atoms with E-state index in [1.54, 1.807) is 11.6 Å². The molecule has 20 heavy (non-hydrogen) atoms. The number of esters is 1. The molecule has 108 valence electrons. The van der Waals surface area contributed by atoms with Crippen LogP contribution < -0.4 is 4.74 Å². The zero-order chi connectivity index (χ0) is 15.1. The lowest BCUT2D eigenvalue weighted by molar-refractivity contribution is -0.0801. The van der Waals surface area contributed by atoms with E-state index in [0.717, 1.165) is 0 Å². The van der Waals surface area contributed by atoms with Crippen LogP contribution in [0.3, 0.4) is 0 Å². The van der Waals surface area contributed by atoms with Gasteiger partial charge in [0.2, 0.25) is 0 Å². The number of alkyl halides is 3. The van der Waals surface area contributed by atoms with Gasteiger partial charge in [-0.25, -0.2) is 4.79 Å². The lowest BCUT2D eigenvalue weighted by Gasteiger charge is -2.12. The van der Waals surface area contributed by atoms with E-state index in [1.165, 1.54) is 25.3 Å². The Kier molecular flexibility index (Phi) is 3.93.